The van der Waals surface area contributed by atoms with Crippen molar-refractivity contribution in [1.82, 2.24) is 30.2 Å². The number of nitrogens with one attached hydrogen (secondary N) is 1. The molecule has 3 heterocycles. The quantitative estimate of drug-likeness (QED) is 0.797. The van der Waals surface area contributed by atoms with Gasteiger partial charge in [-0.2, -0.15) is 4.98 Å². The molecule has 2 aliphatic rings. The Hall–Kier alpha value is -2.00. The van der Waals surface area contributed by atoms with Crippen molar-refractivity contribution < 1.29 is 14.1 Å². The number of carbonyl (C=O) groups excluding carboxylic acids is 2. The number of nitrogens with zero attached hydrogens (tertiary/aromatic N) is 5. The summed E-state index contributed by atoms with van der Waals surface area (Å²) in [5.41, 5.74) is 0. The number of imide groups is 1. The highest BCUT2D eigenvalue weighted by molar-refractivity contribution is 5.96. The number of amides is 3. The zero-order valence-corrected chi connectivity index (χ0v) is 14.2. The largest absolute Gasteiger partial charge is 0.340 e. The molecule has 3 amide bonds. The van der Waals surface area contributed by atoms with Gasteiger partial charge in [-0.15, -0.1) is 0 Å². The third kappa shape index (κ3) is 3.90. The summed E-state index contributed by atoms with van der Waals surface area (Å²) in [6, 6.07) is -0.00694. The van der Waals surface area contributed by atoms with Crippen LogP contribution in [-0.4, -0.2) is 82.6 Å². The van der Waals surface area contributed by atoms with Crippen molar-refractivity contribution in [2.24, 2.45) is 0 Å². The average molecular weight is 336 g/mol. The first-order valence-corrected chi connectivity index (χ1v) is 8.33. The van der Waals surface area contributed by atoms with Crippen LogP contribution in [-0.2, 0) is 11.3 Å². The van der Waals surface area contributed by atoms with E-state index in [4.69, 9.17) is 4.52 Å². The van der Waals surface area contributed by atoms with Gasteiger partial charge in [0, 0.05) is 32.6 Å². The summed E-state index contributed by atoms with van der Waals surface area (Å²) >= 11 is 0. The predicted octanol–water partition coefficient (Wildman–Crippen LogP) is -0.174. The molecule has 2 saturated heterocycles. The number of rotatable bonds is 5. The SMILES string of the molecule is Cc1nc(CN2CCC[C@H](N(C)CC(=O)N3CCNC3=O)C2)no1. The van der Waals surface area contributed by atoms with E-state index in [0.29, 0.717) is 31.3 Å². The van der Waals surface area contributed by atoms with E-state index in [1.807, 2.05) is 11.9 Å². The lowest BCUT2D eigenvalue weighted by molar-refractivity contribution is -0.129. The monoisotopic (exact) mass is 336 g/mol. The van der Waals surface area contributed by atoms with Crippen LogP contribution in [0.4, 0.5) is 4.79 Å². The average Bonchev–Trinajstić information content (AvgIpc) is 3.16. The van der Waals surface area contributed by atoms with Crippen LogP contribution < -0.4 is 5.32 Å². The molecular weight excluding hydrogens is 312 g/mol. The van der Waals surface area contributed by atoms with Crippen LogP contribution in [0.2, 0.25) is 0 Å². The Bertz CT molecular complexity index is 604. The lowest BCUT2D eigenvalue weighted by atomic mass is 10.0. The lowest BCUT2D eigenvalue weighted by Crippen LogP contribution is -2.50. The van der Waals surface area contributed by atoms with Gasteiger partial charge in [-0.1, -0.05) is 5.16 Å². The standard InChI is InChI=1S/C15H24N6O3/c1-11-17-13(18-24-11)9-20-6-3-4-12(8-20)19(2)10-14(22)21-7-5-16-15(21)23/h12H,3-10H2,1-2H3,(H,16,23)/t12-/m0/s1. The smallest absolute Gasteiger partial charge is 0.324 e. The minimum atomic E-state index is -0.286. The van der Waals surface area contributed by atoms with Crippen molar-refractivity contribution in [3.8, 4) is 0 Å². The number of likely N-dealkylation sites (tertiary alicyclic amines) is 1. The van der Waals surface area contributed by atoms with Gasteiger partial charge in [-0.05, 0) is 26.4 Å². The van der Waals surface area contributed by atoms with Gasteiger partial charge in [0.15, 0.2) is 5.82 Å². The van der Waals surface area contributed by atoms with E-state index in [9.17, 15) is 9.59 Å². The van der Waals surface area contributed by atoms with Crippen LogP contribution in [0.25, 0.3) is 0 Å². The van der Waals surface area contributed by atoms with Crippen LogP contribution in [0.15, 0.2) is 4.52 Å². The number of piperidine rings is 1. The first-order chi connectivity index (χ1) is 11.5. The highest BCUT2D eigenvalue weighted by Crippen LogP contribution is 2.17. The number of aromatic nitrogens is 2. The van der Waals surface area contributed by atoms with Gasteiger partial charge in [-0.25, -0.2) is 4.79 Å². The molecule has 2 fully saturated rings. The zero-order chi connectivity index (χ0) is 17.1. The number of carbonyl (C=O) groups is 2. The maximum absolute atomic E-state index is 12.3. The molecule has 0 unspecified atom stereocenters. The van der Waals surface area contributed by atoms with Crippen LogP contribution in [0.1, 0.15) is 24.6 Å². The van der Waals surface area contributed by atoms with Crippen molar-refractivity contribution in [2.75, 3.05) is 39.8 Å². The second-order valence-electron chi connectivity index (χ2n) is 6.45. The zero-order valence-electron chi connectivity index (χ0n) is 14.2. The topological polar surface area (TPSA) is 94.8 Å². The number of hydrogen-bond acceptors (Lipinski definition) is 7. The van der Waals surface area contributed by atoms with Crippen LogP contribution in [0.3, 0.4) is 0 Å². The number of aryl methyl sites for hydroxylation is 1. The molecule has 0 aliphatic carbocycles. The molecule has 0 bridgehead atoms. The maximum Gasteiger partial charge on any atom is 0.324 e. The Labute approximate surface area is 141 Å². The minimum absolute atomic E-state index is 0.140. The Morgan fingerprint density at radius 2 is 2.29 bits per heavy atom. The van der Waals surface area contributed by atoms with Gasteiger partial charge >= 0.3 is 6.03 Å². The molecule has 1 aromatic rings. The van der Waals surface area contributed by atoms with Crippen LogP contribution in [0.5, 0.6) is 0 Å². The maximum atomic E-state index is 12.3. The van der Waals surface area contributed by atoms with Crippen molar-refractivity contribution >= 4 is 11.9 Å². The number of hydrogen-bond donors (Lipinski definition) is 1. The Morgan fingerprint density at radius 1 is 1.46 bits per heavy atom. The van der Waals surface area contributed by atoms with Crippen LogP contribution >= 0.6 is 0 Å². The Morgan fingerprint density at radius 3 is 2.96 bits per heavy atom. The molecular formula is C15H24N6O3. The van der Waals surface area contributed by atoms with Crippen LogP contribution in [0, 0.1) is 6.92 Å². The second-order valence-corrected chi connectivity index (χ2v) is 6.45. The fourth-order valence-corrected chi connectivity index (χ4v) is 3.28. The lowest BCUT2D eigenvalue weighted by Gasteiger charge is -2.37. The third-order valence-corrected chi connectivity index (χ3v) is 4.58. The summed E-state index contributed by atoms with van der Waals surface area (Å²) < 4.78 is 5.01. The molecule has 0 radical (unpaired) electrons. The molecule has 24 heavy (non-hydrogen) atoms. The molecule has 3 rings (SSSR count). The van der Waals surface area contributed by atoms with E-state index in [2.05, 4.69) is 20.4 Å². The van der Waals surface area contributed by atoms with E-state index in [1.54, 1.807) is 6.92 Å². The van der Waals surface area contributed by atoms with Gasteiger partial charge in [0.2, 0.25) is 11.8 Å². The molecule has 2 aliphatic heterocycles. The van der Waals surface area contributed by atoms with Crippen molar-refractivity contribution in [2.45, 2.75) is 32.4 Å². The van der Waals surface area contributed by atoms with Gasteiger partial charge in [0.05, 0.1) is 13.1 Å². The molecule has 0 spiro atoms. The molecule has 1 N–H and O–H groups in total. The van der Waals surface area contributed by atoms with Crippen molar-refractivity contribution in [1.29, 1.82) is 0 Å². The molecule has 132 valence electrons. The second kappa shape index (κ2) is 7.27. The van der Waals surface area contributed by atoms with Crippen molar-refractivity contribution in [3.63, 3.8) is 0 Å². The molecule has 0 saturated carbocycles. The Kier molecular flexibility index (Phi) is 5.10. The summed E-state index contributed by atoms with van der Waals surface area (Å²) in [6.07, 6.45) is 2.10. The molecule has 1 aromatic heterocycles. The number of likely N-dealkylation sites (N-methyl/N-ethyl adjacent to an activating group) is 1. The van der Waals surface area contributed by atoms with Gasteiger partial charge in [0.25, 0.3) is 0 Å². The van der Waals surface area contributed by atoms with E-state index >= 15 is 0 Å². The molecule has 1 atom stereocenters. The first-order valence-electron chi connectivity index (χ1n) is 8.33. The molecule has 9 nitrogen and oxygen atoms in total. The highest BCUT2D eigenvalue weighted by Gasteiger charge is 2.30. The molecule has 0 aromatic carbocycles. The molecule has 9 heteroatoms. The third-order valence-electron chi connectivity index (χ3n) is 4.58. The predicted molar refractivity (Wildman–Crippen MR) is 85.1 cm³/mol. The fourth-order valence-electron chi connectivity index (χ4n) is 3.28. The summed E-state index contributed by atoms with van der Waals surface area (Å²) in [5, 5.41) is 6.60. The summed E-state index contributed by atoms with van der Waals surface area (Å²) in [6.45, 7) is 5.53. The highest BCUT2D eigenvalue weighted by atomic mass is 16.5. The summed E-state index contributed by atoms with van der Waals surface area (Å²) in [5.74, 6) is 1.13. The first kappa shape index (κ1) is 16.8. The Balaban J connectivity index is 1.51. The van der Waals surface area contributed by atoms with E-state index in [1.165, 1.54) is 4.90 Å². The van der Waals surface area contributed by atoms with Gasteiger partial charge < -0.3 is 9.84 Å². The minimum Gasteiger partial charge on any atom is -0.340 e. The number of urea groups is 1. The summed E-state index contributed by atoms with van der Waals surface area (Å²) in [7, 11) is 1.94. The van der Waals surface area contributed by atoms with Gasteiger partial charge in [-0.3, -0.25) is 19.5 Å². The summed E-state index contributed by atoms with van der Waals surface area (Å²) in [4.78, 5) is 33.7. The van der Waals surface area contributed by atoms with E-state index in [0.717, 1.165) is 25.9 Å². The van der Waals surface area contributed by atoms with E-state index < -0.39 is 0 Å². The van der Waals surface area contributed by atoms with Gasteiger partial charge in [0.1, 0.15) is 0 Å². The van der Waals surface area contributed by atoms with Crippen molar-refractivity contribution in [3.05, 3.63) is 11.7 Å². The van der Waals surface area contributed by atoms with E-state index in [-0.39, 0.29) is 24.5 Å². The fraction of sp³-hybridized carbons (Fsp3) is 0.733. The normalized spacial score (nSPS) is 22.2.